The molecule has 0 aromatic heterocycles. The third kappa shape index (κ3) is 3.47. The summed E-state index contributed by atoms with van der Waals surface area (Å²) in [4.78, 5) is 12.0. The average Bonchev–Trinajstić information content (AvgIpc) is 2.31. The van der Waals surface area contributed by atoms with Gasteiger partial charge >= 0.3 is 0 Å². The van der Waals surface area contributed by atoms with Crippen LogP contribution in [0.3, 0.4) is 0 Å². The molecular weight excluding hydrogens is 251 g/mol. The van der Waals surface area contributed by atoms with Crippen molar-refractivity contribution in [3.8, 4) is 5.75 Å². The molecular formula is C6H12N5OP3. The maximum absolute atomic E-state index is 5.62. The first-order chi connectivity index (χ1) is 7.38. The topological polar surface area (TPSA) is 74.6 Å². The van der Waals surface area contributed by atoms with Crippen LogP contribution in [0.4, 0.5) is 5.69 Å². The zero-order valence-electron chi connectivity index (χ0n) is 7.74. The predicted octanol–water partition coefficient (Wildman–Crippen LogP) is 1.29. The Morgan fingerprint density at radius 2 is 1.87 bits per heavy atom. The van der Waals surface area contributed by atoms with E-state index in [1.54, 1.807) is 0 Å². The molecule has 1 aliphatic rings. The molecule has 82 valence electrons. The van der Waals surface area contributed by atoms with Crippen LogP contribution in [0.1, 0.15) is 0 Å². The van der Waals surface area contributed by atoms with Gasteiger partial charge in [-0.3, -0.25) is 15.6 Å². The first-order valence-corrected chi connectivity index (χ1v) is 7.09. The zero-order chi connectivity index (χ0) is 10.5. The number of nitrogens with two attached hydrogens (primary N) is 1. The van der Waals surface area contributed by atoms with Crippen LogP contribution in [0, 0.1) is 0 Å². The van der Waals surface area contributed by atoms with Crippen LogP contribution in [-0.4, -0.2) is 4.60 Å². The van der Waals surface area contributed by atoms with Gasteiger partial charge in [-0.1, -0.05) is 4.60 Å². The van der Waals surface area contributed by atoms with Gasteiger partial charge < -0.3 is 10.3 Å². The standard InChI is InChI=1S/C6H12N5OP3/c7-8-5-1-3-6(4-2-5)12-11-14-9-13-10-15-11/h1-4,8-10,13-15H,7H2. The lowest BCUT2D eigenvalue weighted by atomic mass is 10.3. The molecule has 1 aliphatic heterocycles. The van der Waals surface area contributed by atoms with Crippen molar-refractivity contribution in [2.75, 3.05) is 5.43 Å². The van der Waals surface area contributed by atoms with E-state index < -0.39 is 0 Å². The molecule has 2 unspecified atom stereocenters. The molecule has 0 aliphatic carbocycles. The van der Waals surface area contributed by atoms with Gasteiger partial charge in [0.15, 0.2) is 0 Å². The second kappa shape index (κ2) is 5.88. The molecule has 1 aromatic rings. The number of hydrazine groups is 1. The van der Waals surface area contributed by atoms with E-state index in [9.17, 15) is 0 Å². The van der Waals surface area contributed by atoms with Crippen LogP contribution in [0.15, 0.2) is 24.3 Å². The smallest absolute Gasteiger partial charge is 0.148 e. The van der Waals surface area contributed by atoms with E-state index in [-0.39, 0.29) is 0 Å². The molecule has 0 spiro atoms. The summed E-state index contributed by atoms with van der Waals surface area (Å²) in [6.45, 7) is 0. The molecule has 1 aromatic carbocycles. The van der Waals surface area contributed by atoms with Crippen LogP contribution in [0.5, 0.6) is 5.75 Å². The third-order valence-electron chi connectivity index (χ3n) is 1.66. The van der Waals surface area contributed by atoms with Gasteiger partial charge in [0.1, 0.15) is 5.75 Å². The molecule has 1 fully saturated rings. The quantitative estimate of drug-likeness (QED) is 0.374. The molecule has 0 saturated carbocycles. The van der Waals surface area contributed by atoms with Crippen molar-refractivity contribution in [3.05, 3.63) is 24.3 Å². The number of nitrogen functional groups attached to an aromatic ring is 1. The van der Waals surface area contributed by atoms with Gasteiger partial charge in [-0.25, -0.2) is 0 Å². The molecule has 1 saturated heterocycles. The Hall–Kier alpha value is -0.0500. The number of nitrogens with one attached hydrogen (secondary N) is 3. The Morgan fingerprint density at radius 1 is 1.20 bits per heavy atom. The summed E-state index contributed by atoms with van der Waals surface area (Å²) in [5.41, 5.74) is 3.43. The molecule has 2 atom stereocenters. The second-order valence-electron chi connectivity index (χ2n) is 2.65. The largest absolute Gasteiger partial charge is 0.397 e. The minimum atomic E-state index is 0.499. The fourth-order valence-electron chi connectivity index (χ4n) is 0.980. The number of hydrogen-bond acceptors (Lipinski definition) is 6. The second-order valence-corrected chi connectivity index (χ2v) is 6.61. The Balaban J connectivity index is 1.91. The third-order valence-corrected chi connectivity index (χ3v) is 4.81. The first-order valence-electron chi connectivity index (χ1n) is 4.19. The lowest BCUT2D eigenvalue weighted by molar-refractivity contribution is 0.146. The number of benzene rings is 1. The van der Waals surface area contributed by atoms with Crippen molar-refractivity contribution in [1.29, 1.82) is 0 Å². The highest BCUT2D eigenvalue weighted by Crippen LogP contribution is 2.37. The summed E-state index contributed by atoms with van der Waals surface area (Å²) in [5.74, 6) is 6.07. The normalized spacial score (nSPS) is 22.2. The SMILES string of the molecule is NNc1ccc(ON2PNPNP2)cc1. The molecule has 0 bridgehead atoms. The first kappa shape index (κ1) is 11.4. The summed E-state index contributed by atoms with van der Waals surface area (Å²) >= 11 is 0. The highest BCUT2D eigenvalue weighted by atomic mass is 31.2. The molecule has 2 rings (SSSR count). The Labute approximate surface area is 93.3 Å². The highest BCUT2D eigenvalue weighted by molar-refractivity contribution is 7.65. The Kier molecular flexibility index (Phi) is 4.48. The maximum Gasteiger partial charge on any atom is 0.148 e. The molecule has 5 N–H and O–H groups in total. The lowest BCUT2D eigenvalue weighted by Gasteiger charge is -2.26. The molecule has 0 amide bonds. The van der Waals surface area contributed by atoms with E-state index in [2.05, 4.69) is 15.1 Å². The highest BCUT2D eigenvalue weighted by Gasteiger charge is 2.10. The summed E-state index contributed by atoms with van der Waals surface area (Å²) < 4.78 is 1.86. The molecule has 0 radical (unpaired) electrons. The van der Waals surface area contributed by atoms with Crippen molar-refractivity contribution in [3.63, 3.8) is 0 Å². The van der Waals surface area contributed by atoms with Crippen molar-refractivity contribution in [2.24, 2.45) is 5.84 Å². The van der Waals surface area contributed by atoms with Crippen molar-refractivity contribution < 1.29 is 4.84 Å². The fraction of sp³-hybridized carbons (Fsp3) is 0. The molecule has 1 heterocycles. The van der Waals surface area contributed by atoms with Crippen LogP contribution in [-0.2, 0) is 0 Å². The summed E-state index contributed by atoms with van der Waals surface area (Å²) in [5, 5.41) is 0. The number of anilines is 1. The van der Waals surface area contributed by atoms with Gasteiger partial charge in [0.05, 0.1) is 17.8 Å². The van der Waals surface area contributed by atoms with Crippen molar-refractivity contribution in [2.45, 2.75) is 0 Å². The van der Waals surface area contributed by atoms with Gasteiger partial charge in [0, 0.05) is 14.6 Å². The minimum Gasteiger partial charge on any atom is -0.397 e. The van der Waals surface area contributed by atoms with E-state index >= 15 is 0 Å². The van der Waals surface area contributed by atoms with Crippen LogP contribution >= 0.6 is 26.6 Å². The number of hydrogen-bond donors (Lipinski definition) is 4. The van der Waals surface area contributed by atoms with E-state index in [0.717, 1.165) is 11.4 Å². The monoisotopic (exact) mass is 263 g/mol. The summed E-state index contributed by atoms with van der Waals surface area (Å²) in [6, 6.07) is 7.49. The van der Waals surface area contributed by atoms with E-state index in [1.807, 2.05) is 28.9 Å². The van der Waals surface area contributed by atoms with Crippen LogP contribution < -0.4 is 25.8 Å². The average molecular weight is 263 g/mol. The minimum absolute atomic E-state index is 0.499. The Morgan fingerprint density at radius 3 is 2.47 bits per heavy atom. The summed E-state index contributed by atoms with van der Waals surface area (Å²) in [6.07, 6.45) is 0. The van der Waals surface area contributed by atoms with Crippen LogP contribution in [0.25, 0.3) is 0 Å². The van der Waals surface area contributed by atoms with Crippen molar-refractivity contribution >= 4 is 32.3 Å². The van der Waals surface area contributed by atoms with E-state index in [1.165, 1.54) is 0 Å². The molecule has 15 heavy (non-hydrogen) atoms. The zero-order valence-corrected chi connectivity index (χ0v) is 10.7. The lowest BCUT2D eigenvalue weighted by Crippen LogP contribution is -2.19. The fourth-order valence-corrected chi connectivity index (χ4v) is 4.58. The molecule has 9 heteroatoms. The summed E-state index contributed by atoms with van der Waals surface area (Å²) in [7, 11) is 1.62. The molecule has 6 nitrogen and oxygen atoms in total. The Bertz CT molecular complexity index is 304. The maximum atomic E-state index is 5.62. The number of nitrogens with zero attached hydrogens (tertiary/aromatic N) is 1. The van der Waals surface area contributed by atoms with Gasteiger partial charge in [-0.05, 0) is 24.3 Å². The van der Waals surface area contributed by atoms with Gasteiger partial charge in [0.25, 0.3) is 0 Å². The van der Waals surface area contributed by atoms with Gasteiger partial charge in [-0.15, -0.1) is 0 Å². The van der Waals surface area contributed by atoms with Gasteiger partial charge in [0.2, 0.25) is 0 Å². The van der Waals surface area contributed by atoms with Crippen LogP contribution in [0.2, 0.25) is 0 Å². The predicted molar refractivity (Wildman–Crippen MR) is 67.9 cm³/mol. The van der Waals surface area contributed by atoms with E-state index in [0.29, 0.717) is 26.6 Å². The van der Waals surface area contributed by atoms with Crippen molar-refractivity contribution in [1.82, 2.24) is 14.3 Å². The van der Waals surface area contributed by atoms with E-state index in [4.69, 9.17) is 10.7 Å². The number of rotatable bonds is 3. The van der Waals surface area contributed by atoms with Gasteiger partial charge in [-0.2, -0.15) is 0 Å².